The smallest absolute Gasteiger partial charge is 0.339 e. The van der Waals surface area contributed by atoms with Crippen LogP contribution in [0.25, 0.3) is 6.08 Å². The number of hydrogen-bond donors (Lipinski definition) is 1. The number of pyridine rings is 2. The van der Waals surface area contributed by atoms with E-state index < -0.39 is 11.4 Å². The van der Waals surface area contributed by atoms with Crippen molar-refractivity contribution < 1.29 is 4.79 Å². The molecule has 0 aliphatic heterocycles. The summed E-state index contributed by atoms with van der Waals surface area (Å²) in [6.45, 7) is 0. The average Bonchev–Trinajstić information content (AvgIpc) is 3.06. The lowest BCUT2D eigenvalue weighted by atomic mass is 9.69. The van der Waals surface area contributed by atoms with Gasteiger partial charge in [0.05, 0.1) is 5.69 Å². The fourth-order valence-electron chi connectivity index (χ4n) is 3.19. The summed E-state index contributed by atoms with van der Waals surface area (Å²) in [5.74, 6) is 0. The molecule has 1 aliphatic rings. The van der Waals surface area contributed by atoms with Crippen LogP contribution in [0, 0.1) is 6.20 Å². The lowest BCUT2D eigenvalue weighted by Crippen LogP contribution is -2.33. The number of allylic oxidation sites excluding steroid dienone is 1. The Labute approximate surface area is 138 Å². The number of carbonyl (C=O) groups excluding carboxylic acids is 1. The van der Waals surface area contributed by atoms with E-state index >= 15 is 0 Å². The second kappa shape index (κ2) is 5.42. The predicted molar refractivity (Wildman–Crippen MR) is 88.0 cm³/mol. The number of fused-ring (bicyclic) bond motifs is 1. The molecule has 0 atom stereocenters. The van der Waals surface area contributed by atoms with Crippen LogP contribution in [0.3, 0.4) is 0 Å². The summed E-state index contributed by atoms with van der Waals surface area (Å²) in [4.78, 5) is 20.2. The summed E-state index contributed by atoms with van der Waals surface area (Å²) in [6, 6.07) is 7.21. The molecule has 0 unspecified atom stereocenters. The highest BCUT2D eigenvalue weighted by Crippen LogP contribution is 2.40. The average molecular weight is 316 g/mol. The standard InChI is InChI=1S/C18H14N5O/c19-17(24)23-16-9-18(6-5-13(16)10-22-23,14-3-1-7-20-11-14)15-4-2-8-21-12-15/h1-8,11-12H,9H2,(H2,19,24). The normalized spacial score (nSPS) is 15.0. The van der Waals surface area contributed by atoms with Gasteiger partial charge in [-0.25, -0.2) is 4.79 Å². The fourth-order valence-corrected chi connectivity index (χ4v) is 3.19. The number of aromatic nitrogens is 4. The molecule has 1 radical (unpaired) electrons. The molecule has 0 aromatic carbocycles. The fraction of sp³-hybridized carbons (Fsp3) is 0.111. The molecule has 6 nitrogen and oxygen atoms in total. The third kappa shape index (κ3) is 2.11. The van der Waals surface area contributed by atoms with Crippen LogP contribution in [0.1, 0.15) is 22.4 Å². The van der Waals surface area contributed by atoms with Gasteiger partial charge in [-0.1, -0.05) is 24.3 Å². The molecule has 2 N–H and O–H groups in total. The maximum Gasteiger partial charge on any atom is 0.339 e. The summed E-state index contributed by atoms with van der Waals surface area (Å²) >= 11 is 0. The number of amides is 1. The molecule has 0 bridgehead atoms. The van der Waals surface area contributed by atoms with Gasteiger partial charge in [0, 0.05) is 42.2 Å². The molecule has 0 fully saturated rings. The van der Waals surface area contributed by atoms with Gasteiger partial charge in [0.1, 0.15) is 6.20 Å². The lowest BCUT2D eigenvalue weighted by molar-refractivity contribution is 0.246. The van der Waals surface area contributed by atoms with Crippen molar-refractivity contribution >= 4 is 12.1 Å². The van der Waals surface area contributed by atoms with Gasteiger partial charge in [0.25, 0.3) is 0 Å². The number of primary amides is 1. The van der Waals surface area contributed by atoms with Crippen LogP contribution >= 0.6 is 0 Å². The van der Waals surface area contributed by atoms with Crippen LogP contribution in [0.5, 0.6) is 0 Å². The first-order chi connectivity index (χ1) is 11.7. The molecule has 24 heavy (non-hydrogen) atoms. The van der Waals surface area contributed by atoms with Crippen LogP contribution in [0.15, 0.2) is 55.1 Å². The Hall–Kier alpha value is -3.28. The van der Waals surface area contributed by atoms with Crippen molar-refractivity contribution in [1.82, 2.24) is 19.7 Å². The largest absolute Gasteiger partial charge is 0.350 e. The third-order valence-electron chi connectivity index (χ3n) is 4.38. The molecule has 6 heteroatoms. The minimum Gasteiger partial charge on any atom is -0.350 e. The first-order valence-corrected chi connectivity index (χ1v) is 7.50. The quantitative estimate of drug-likeness (QED) is 0.783. The maximum absolute atomic E-state index is 11.7. The van der Waals surface area contributed by atoms with Gasteiger partial charge in [-0.05, 0) is 23.3 Å². The van der Waals surface area contributed by atoms with E-state index in [4.69, 9.17) is 5.73 Å². The van der Waals surface area contributed by atoms with Gasteiger partial charge in [-0.15, -0.1) is 0 Å². The Morgan fingerprint density at radius 2 is 1.83 bits per heavy atom. The topological polar surface area (TPSA) is 86.7 Å². The second-order valence-electron chi connectivity index (χ2n) is 5.69. The van der Waals surface area contributed by atoms with Gasteiger partial charge < -0.3 is 5.73 Å². The number of carbonyl (C=O) groups is 1. The SMILES string of the molecule is NC(=O)n1n[c]c2c1CC(c1cccnc1)(c1cccnc1)C=C2. The van der Waals surface area contributed by atoms with Crippen molar-refractivity contribution in [2.75, 3.05) is 0 Å². The molecule has 117 valence electrons. The van der Waals surface area contributed by atoms with Crippen LogP contribution in [-0.2, 0) is 11.8 Å². The predicted octanol–water partition coefficient (Wildman–Crippen LogP) is 1.96. The van der Waals surface area contributed by atoms with E-state index in [1.165, 1.54) is 4.68 Å². The van der Waals surface area contributed by atoms with Crippen molar-refractivity contribution in [3.63, 3.8) is 0 Å². The van der Waals surface area contributed by atoms with Gasteiger partial charge >= 0.3 is 6.03 Å². The molecule has 3 aromatic rings. The first-order valence-electron chi connectivity index (χ1n) is 7.50. The third-order valence-corrected chi connectivity index (χ3v) is 4.38. The zero-order valence-electron chi connectivity index (χ0n) is 12.8. The number of hydrogen-bond acceptors (Lipinski definition) is 4. The molecule has 0 spiro atoms. The Morgan fingerprint density at radius 1 is 1.17 bits per heavy atom. The van der Waals surface area contributed by atoms with Gasteiger partial charge in [-0.2, -0.15) is 9.78 Å². The minimum absolute atomic E-state index is 0.489. The molecule has 0 saturated heterocycles. The Bertz CT molecular complexity index is 876. The van der Waals surface area contributed by atoms with E-state index in [1.54, 1.807) is 12.4 Å². The van der Waals surface area contributed by atoms with Crippen LogP contribution < -0.4 is 5.73 Å². The summed E-state index contributed by atoms with van der Waals surface area (Å²) in [5.41, 5.74) is 8.48. The maximum atomic E-state index is 11.7. The zero-order chi connectivity index (χ0) is 16.6. The molecule has 3 heterocycles. The molecule has 4 rings (SSSR count). The van der Waals surface area contributed by atoms with Gasteiger partial charge in [-0.3, -0.25) is 9.97 Å². The van der Waals surface area contributed by atoms with Crippen LogP contribution in [0.2, 0.25) is 0 Å². The number of rotatable bonds is 2. The van der Waals surface area contributed by atoms with Gasteiger partial charge in [0.15, 0.2) is 0 Å². The van der Waals surface area contributed by atoms with Crippen molar-refractivity contribution in [2.24, 2.45) is 5.73 Å². The van der Waals surface area contributed by atoms with E-state index in [2.05, 4.69) is 27.3 Å². The lowest BCUT2D eigenvalue weighted by Gasteiger charge is -2.34. The highest BCUT2D eigenvalue weighted by molar-refractivity contribution is 5.76. The number of nitrogens with zero attached hydrogens (tertiary/aromatic N) is 4. The summed E-state index contributed by atoms with van der Waals surface area (Å²) in [6.07, 6.45) is 14.5. The summed E-state index contributed by atoms with van der Waals surface area (Å²) in [7, 11) is 0. The Balaban J connectivity index is 1.93. The van der Waals surface area contributed by atoms with E-state index in [-0.39, 0.29) is 0 Å². The van der Waals surface area contributed by atoms with Crippen molar-refractivity contribution in [3.05, 3.63) is 83.7 Å². The second-order valence-corrected chi connectivity index (χ2v) is 5.69. The number of nitrogens with two attached hydrogens (primary N) is 1. The van der Waals surface area contributed by atoms with Crippen molar-refractivity contribution in [1.29, 1.82) is 0 Å². The van der Waals surface area contributed by atoms with Gasteiger partial charge in [0.2, 0.25) is 0 Å². The molecule has 1 aliphatic carbocycles. The first kappa shape index (κ1) is 14.3. The molecular formula is C18H14N5O. The highest BCUT2D eigenvalue weighted by Gasteiger charge is 2.37. The monoisotopic (exact) mass is 316 g/mol. The Morgan fingerprint density at radius 3 is 2.38 bits per heavy atom. The van der Waals surface area contributed by atoms with Crippen molar-refractivity contribution in [3.8, 4) is 0 Å². The zero-order valence-corrected chi connectivity index (χ0v) is 12.8. The molecule has 1 amide bonds. The minimum atomic E-state index is -0.617. The Kier molecular flexibility index (Phi) is 3.23. The van der Waals surface area contributed by atoms with E-state index in [9.17, 15) is 4.79 Å². The molecule has 0 saturated carbocycles. The summed E-state index contributed by atoms with van der Waals surface area (Å²) in [5, 5.41) is 3.98. The van der Waals surface area contributed by atoms with Crippen LogP contribution in [-0.4, -0.2) is 25.8 Å². The molecular weight excluding hydrogens is 302 g/mol. The van der Waals surface area contributed by atoms with Crippen LogP contribution in [0.4, 0.5) is 4.79 Å². The van der Waals surface area contributed by atoms with Crippen molar-refractivity contribution in [2.45, 2.75) is 11.8 Å². The molecule has 3 aromatic heterocycles. The summed E-state index contributed by atoms with van der Waals surface area (Å²) < 4.78 is 1.21. The van der Waals surface area contributed by atoms with E-state index in [1.807, 2.05) is 42.7 Å². The van der Waals surface area contributed by atoms with E-state index in [0.717, 1.165) is 22.4 Å². The highest BCUT2D eigenvalue weighted by atomic mass is 16.2. The van der Waals surface area contributed by atoms with E-state index in [0.29, 0.717) is 6.42 Å².